The highest BCUT2D eigenvalue weighted by atomic mass is 79.9. The number of carbonyl (C=O) groups excluding carboxylic acids is 2. The van der Waals surface area contributed by atoms with Gasteiger partial charge in [-0.05, 0) is 28.4 Å². The molecule has 0 saturated heterocycles. The van der Waals surface area contributed by atoms with Crippen LogP contribution in [0.2, 0.25) is 0 Å². The zero-order chi connectivity index (χ0) is 15.9. The quantitative estimate of drug-likeness (QED) is 0.791. The fraction of sp³-hybridized carbons (Fsp3) is 0.214. The smallest absolute Gasteiger partial charge is 0.412 e. The van der Waals surface area contributed by atoms with E-state index in [0.717, 1.165) is 5.56 Å². The van der Waals surface area contributed by atoms with Gasteiger partial charge in [0.2, 0.25) is 0 Å². The highest BCUT2D eigenvalue weighted by molar-refractivity contribution is 9.10. The fourth-order valence-electron chi connectivity index (χ4n) is 1.64. The number of nitrogens with one attached hydrogen (secondary N) is 2. The van der Waals surface area contributed by atoms with Gasteiger partial charge < -0.3 is 9.47 Å². The minimum Gasteiger partial charge on any atom is -0.461 e. The van der Waals surface area contributed by atoms with E-state index in [4.69, 9.17) is 9.47 Å². The van der Waals surface area contributed by atoms with E-state index >= 15 is 0 Å². The first-order chi connectivity index (χ1) is 10.6. The summed E-state index contributed by atoms with van der Waals surface area (Å²) in [4.78, 5) is 23.5. The van der Waals surface area contributed by atoms with Crippen LogP contribution in [0.5, 0.6) is 0 Å². The highest BCUT2D eigenvalue weighted by Crippen LogP contribution is 2.24. The molecule has 1 heterocycles. The van der Waals surface area contributed by atoms with Gasteiger partial charge in [0.05, 0.1) is 6.61 Å². The first kappa shape index (κ1) is 16.0. The Kier molecular flexibility index (Phi) is 5.54. The molecule has 0 radical (unpaired) electrons. The maximum Gasteiger partial charge on any atom is 0.412 e. The summed E-state index contributed by atoms with van der Waals surface area (Å²) in [6.45, 7) is 2.01. The van der Waals surface area contributed by atoms with Crippen molar-refractivity contribution in [1.29, 1.82) is 0 Å². The molecule has 8 heteroatoms. The molecule has 1 aromatic carbocycles. The van der Waals surface area contributed by atoms with Gasteiger partial charge in [-0.25, -0.2) is 9.59 Å². The third-order valence-corrected chi connectivity index (χ3v) is 3.20. The van der Waals surface area contributed by atoms with E-state index in [9.17, 15) is 9.59 Å². The molecule has 1 amide bonds. The van der Waals surface area contributed by atoms with E-state index in [-0.39, 0.29) is 24.6 Å². The normalized spacial score (nSPS) is 10.1. The third kappa shape index (κ3) is 4.08. The summed E-state index contributed by atoms with van der Waals surface area (Å²) in [5.74, 6) is -0.636. The number of carbonyl (C=O) groups is 2. The fourth-order valence-corrected chi connectivity index (χ4v) is 2.02. The van der Waals surface area contributed by atoms with Gasteiger partial charge in [0, 0.05) is 0 Å². The van der Waals surface area contributed by atoms with E-state index < -0.39 is 12.1 Å². The van der Waals surface area contributed by atoms with Crippen LogP contribution >= 0.6 is 15.9 Å². The molecular formula is C14H14BrN3O4. The van der Waals surface area contributed by atoms with Crippen LogP contribution in [0.1, 0.15) is 23.0 Å². The van der Waals surface area contributed by atoms with Gasteiger partial charge >= 0.3 is 12.1 Å². The van der Waals surface area contributed by atoms with Crippen LogP contribution < -0.4 is 5.32 Å². The maximum absolute atomic E-state index is 11.8. The van der Waals surface area contributed by atoms with E-state index in [2.05, 4.69) is 31.4 Å². The van der Waals surface area contributed by atoms with Crippen molar-refractivity contribution in [3.05, 3.63) is 46.2 Å². The SMILES string of the molecule is CCOC(=O)c1n[nH]c(Br)c1NC(=O)OCc1ccccc1. The molecule has 0 spiro atoms. The van der Waals surface area contributed by atoms with Gasteiger partial charge in [0.1, 0.15) is 16.9 Å². The zero-order valence-electron chi connectivity index (χ0n) is 11.8. The van der Waals surface area contributed by atoms with Crippen LogP contribution in [0.25, 0.3) is 0 Å². The number of benzene rings is 1. The Labute approximate surface area is 135 Å². The maximum atomic E-state index is 11.8. The molecule has 0 fully saturated rings. The summed E-state index contributed by atoms with van der Waals surface area (Å²) in [5, 5.41) is 8.81. The Morgan fingerprint density at radius 1 is 1.27 bits per heavy atom. The second kappa shape index (κ2) is 7.60. The van der Waals surface area contributed by atoms with Crippen molar-refractivity contribution in [2.45, 2.75) is 13.5 Å². The Morgan fingerprint density at radius 3 is 2.68 bits per heavy atom. The summed E-state index contributed by atoms with van der Waals surface area (Å²) < 4.78 is 10.3. The van der Waals surface area contributed by atoms with Crippen molar-refractivity contribution in [3.8, 4) is 0 Å². The van der Waals surface area contributed by atoms with Gasteiger partial charge in [-0.15, -0.1) is 0 Å². The van der Waals surface area contributed by atoms with Crippen LogP contribution in [-0.2, 0) is 16.1 Å². The molecule has 0 bridgehead atoms. The lowest BCUT2D eigenvalue weighted by atomic mass is 10.2. The van der Waals surface area contributed by atoms with Crippen molar-refractivity contribution in [3.63, 3.8) is 0 Å². The van der Waals surface area contributed by atoms with Crippen LogP contribution in [-0.4, -0.2) is 28.9 Å². The average molecular weight is 368 g/mol. The molecule has 22 heavy (non-hydrogen) atoms. The largest absolute Gasteiger partial charge is 0.461 e. The molecule has 0 unspecified atom stereocenters. The van der Waals surface area contributed by atoms with Crippen molar-refractivity contribution >= 4 is 33.7 Å². The Hall–Kier alpha value is -2.35. The Balaban J connectivity index is 1.99. The second-order valence-corrected chi connectivity index (χ2v) is 4.96. The minimum absolute atomic E-state index is 0.0228. The number of hydrogen-bond acceptors (Lipinski definition) is 5. The number of hydrogen-bond donors (Lipinski definition) is 2. The third-order valence-electron chi connectivity index (χ3n) is 2.63. The lowest BCUT2D eigenvalue weighted by Crippen LogP contribution is -2.16. The lowest BCUT2D eigenvalue weighted by molar-refractivity contribution is 0.0520. The standard InChI is InChI=1S/C14H14BrN3O4/c1-2-21-13(19)11-10(12(15)18-17-11)16-14(20)22-8-9-6-4-3-5-7-9/h3-7H,2,8H2,1H3,(H,16,20)(H,17,18). The van der Waals surface area contributed by atoms with Crippen molar-refractivity contribution in [2.75, 3.05) is 11.9 Å². The van der Waals surface area contributed by atoms with Crippen LogP contribution in [0.3, 0.4) is 0 Å². The van der Waals surface area contributed by atoms with Crippen molar-refractivity contribution in [2.24, 2.45) is 0 Å². The first-order valence-corrected chi connectivity index (χ1v) is 7.29. The summed E-state index contributed by atoms with van der Waals surface area (Å²) in [6.07, 6.45) is -0.698. The average Bonchev–Trinajstić information content (AvgIpc) is 2.88. The van der Waals surface area contributed by atoms with Gasteiger partial charge in [0.15, 0.2) is 5.69 Å². The van der Waals surface area contributed by atoms with Crippen LogP contribution in [0.4, 0.5) is 10.5 Å². The molecule has 0 aliphatic rings. The molecule has 2 N–H and O–H groups in total. The van der Waals surface area contributed by atoms with E-state index in [1.165, 1.54) is 0 Å². The predicted octanol–water partition coefficient (Wildman–Crippen LogP) is 3.10. The number of aromatic amines is 1. The van der Waals surface area contributed by atoms with Crippen molar-refractivity contribution < 1.29 is 19.1 Å². The monoisotopic (exact) mass is 367 g/mol. The molecule has 116 valence electrons. The van der Waals surface area contributed by atoms with Gasteiger partial charge in [-0.3, -0.25) is 10.4 Å². The first-order valence-electron chi connectivity index (χ1n) is 6.50. The number of ether oxygens (including phenoxy) is 2. The number of H-pyrrole nitrogens is 1. The Bertz CT molecular complexity index is 657. The summed E-state index contributed by atoms with van der Waals surface area (Å²) in [7, 11) is 0. The topological polar surface area (TPSA) is 93.3 Å². The van der Waals surface area contributed by atoms with Gasteiger partial charge in [0.25, 0.3) is 0 Å². The number of anilines is 1. The zero-order valence-corrected chi connectivity index (χ0v) is 13.3. The lowest BCUT2D eigenvalue weighted by Gasteiger charge is -2.07. The number of nitrogens with zero attached hydrogens (tertiary/aromatic N) is 1. The molecule has 0 atom stereocenters. The number of rotatable bonds is 5. The van der Waals surface area contributed by atoms with E-state index in [0.29, 0.717) is 4.60 Å². The molecule has 0 saturated carbocycles. The van der Waals surface area contributed by atoms with Crippen molar-refractivity contribution in [1.82, 2.24) is 10.2 Å². The molecule has 0 aliphatic carbocycles. The number of halogens is 1. The second-order valence-electron chi connectivity index (χ2n) is 4.17. The summed E-state index contributed by atoms with van der Waals surface area (Å²) >= 11 is 3.16. The molecule has 0 aliphatic heterocycles. The predicted molar refractivity (Wildman–Crippen MR) is 82.5 cm³/mol. The molecule has 1 aromatic heterocycles. The molecule has 2 aromatic rings. The number of esters is 1. The highest BCUT2D eigenvalue weighted by Gasteiger charge is 2.21. The van der Waals surface area contributed by atoms with Crippen LogP contribution in [0.15, 0.2) is 34.9 Å². The van der Waals surface area contributed by atoms with E-state index in [1.54, 1.807) is 6.92 Å². The number of aromatic nitrogens is 2. The van der Waals surface area contributed by atoms with E-state index in [1.807, 2.05) is 30.3 Å². The Morgan fingerprint density at radius 2 is 2.00 bits per heavy atom. The summed E-state index contributed by atoms with van der Waals surface area (Å²) in [6, 6.07) is 9.25. The minimum atomic E-state index is -0.698. The van der Waals surface area contributed by atoms with Crippen LogP contribution in [0, 0.1) is 0 Å². The summed E-state index contributed by atoms with van der Waals surface area (Å²) in [5.41, 5.74) is 1.01. The number of amides is 1. The molecular weight excluding hydrogens is 354 g/mol. The van der Waals surface area contributed by atoms with Gasteiger partial charge in [-0.2, -0.15) is 5.10 Å². The molecule has 2 rings (SSSR count). The molecule has 7 nitrogen and oxygen atoms in total. The van der Waals surface area contributed by atoms with Gasteiger partial charge in [-0.1, -0.05) is 30.3 Å².